The number of phenolic OH excluding ortho intramolecular Hbond substituents is 1. The van der Waals surface area contributed by atoms with Crippen LogP contribution in [0.5, 0.6) is 17.2 Å². The van der Waals surface area contributed by atoms with E-state index in [0.29, 0.717) is 17.1 Å². The third-order valence-corrected chi connectivity index (χ3v) is 3.84. The van der Waals surface area contributed by atoms with Crippen LogP contribution in [0.1, 0.15) is 15.9 Å². The van der Waals surface area contributed by atoms with Gasteiger partial charge in [0, 0.05) is 5.56 Å². The van der Waals surface area contributed by atoms with Crippen LogP contribution in [-0.2, 0) is 16.0 Å². The fourth-order valence-corrected chi connectivity index (χ4v) is 2.54. The Morgan fingerprint density at radius 2 is 1.83 bits per heavy atom. The molecule has 0 saturated heterocycles. The maximum absolute atomic E-state index is 12.8. The van der Waals surface area contributed by atoms with Crippen LogP contribution in [0.2, 0.25) is 0 Å². The number of benzene rings is 2. The first-order valence-electron chi connectivity index (χ1n) is 7.38. The molecule has 1 unspecified atom stereocenters. The number of hydrogen-bond donors (Lipinski definition) is 1. The number of esters is 1. The molecule has 24 heavy (non-hydrogen) atoms. The Hall–Kier alpha value is -3.02. The molecule has 2 aromatic carbocycles. The Labute approximate surface area is 138 Å². The first-order valence-corrected chi connectivity index (χ1v) is 7.38. The molecular formula is C18H16O6. The molecule has 0 bridgehead atoms. The van der Waals surface area contributed by atoms with E-state index in [2.05, 4.69) is 0 Å². The number of ketones is 1. The maximum atomic E-state index is 12.8. The molecular weight excluding hydrogens is 312 g/mol. The number of ether oxygens (including phenoxy) is 3. The van der Waals surface area contributed by atoms with Gasteiger partial charge in [-0.3, -0.25) is 9.59 Å². The fourth-order valence-electron chi connectivity index (χ4n) is 2.54. The molecule has 3 rings (SSSR count). The number of carbonyl (C=O) groups is 2. The minimum atomic E-state index is -0.972. The quantitative estimate of drug-likeness (QED) is 0.515. The summed E-state index contributed by atoms with van der Waals surface area (Å²) in [4.78, 5) is 24.9. The zero-order valence-electron chi connectivity index (χ0n) is 13.0. The Morgan fingerprint density at radius 3 is 2.54 bits per heavy atom. The number of fused-ring (bicyclic) bond motifs is 1. The van der Waals surface area contributed by atoms with Gasteiger partial charge < -0.3 is 19.3 Å². The largest absolute Gasteiger partial charge is 0.508 e. The van der Waals surface area contributed by atoms with E-state index >= 15 is 0 Å². The van der Waals surface area contributed by atoms with Crippen LogP contribution in [0.4, 0.5) is 0 Å². The normalized spacial score (nSPS) is 13.4. The molecule has 0 aromatic heterocycles. The van der Waals surface area contributed by atoms with Crippen LogP contribution < -0.4 is 9.47 Å². The lowest BCUT2D eigenvalue weighted by atomic mass is 9.91. The number of Topliss-reactive ketones (excluding diaryl/α,β-unsaturated/α-hetero) is 1. The highest BCUT2D eigenvalue weighted by Crippen LogP contribution is 2.33. The van der Waals surface area contributed by atoms with Crippen LogP contribution >= 0.6 is 0 Å². The van der Waals surface area contributed by atoms with E-state index in [4.69, 9.17) is 14.2 Å². The lowest BCUT2D eigenvalue weighted by molar-refractivity contribution is -0.143. The summed E-state index contributed by atoms with van der Waals surface area (Å²) < 4.78 is 15.3. The molecule has 2 aromatic rings. The Bertz CT molecular complexity index is 766. The molecule has 1 atom stereocenters. The number of hydrogen-bond acceptors (Lipinski definition) is 6. The van der Waals surface area contributed by atoms with E-state index in [1.807, 2.05) is 0 Å². The number of aromatic hydroxyl groups is 1. The highest BCUT2D eigenvalue weighted by Gasteiger charge is 2.30. The molecule has 0 saturated carbocycles. The fraction of sp³-hybridized carbons (Fsp3) is 0.222. The first kappa shape index (κ1) is 15.9. The van der Waals surface area contributed by atoms with Gasteiger partial charge in [-0.05, 0) is 42.3 Å². The number of methoxy groups -OCH3 is 1. The summed E-state index contributed by atoms with van der Waals surface area (Å²) in [6, 6.07) is 11.2. The summed E-state index contributed by atoms with van der Waals surface area (Å²) in [6.45, 7) is 0.112. The first-order chi connectivity index (χ1) is 11.6. The second kappa shape index (κ2) is 6.62. The average Bonchev–Trinajstić information content (AvgIpc) is 3.07. The van der Waals surface area contributed by atoms with Crippen LogP contribution in [0.3, 0.4) is 0 Å². The highest BCUT2D eigenvalue weighted by atomic mass is 16.7. The van der Waals surface area contributed by atoms with Crippen molar-refractivity contribution in [2.24, 2.45) is 5.92 Å². The summed E-state index contributed by atoms with van der Waals surface area (Å²) >= 11 is 0. The summed E-state index contributed by atoms with van der Waals surface area (Å²) in [5.74, 6) is -0.761. The van der Waals surface area contributed by atoms with Gasteiger partial charge in [-0.15, -0.1) is 0 Å². The van der Waals surface area contributed by atoms with Crippen LogP contribution in [0.25, 0.3) is 0 Å². The lowest BCUT2D eigenvalue weighted by Crippen LogP contribution is -2.27. The van der Waals surface area contributed by atoms with Gasteiger partial charge in [0.25, 0.3) is 0 Å². The van der Waals surface area contributed by atoms with Gasteiger partial charge in [-0.25, -0.2) is 0 Å². The molecule has 6 nitrogen and oxygen atoms in total. The molecule has 0 radical (unpaired) electrons. The smallest absolute Gasteiger partial charge is 0.316 e. The van der Waals surface area contributed by atoms with E-state index < -0.39 is 11.9 Å². The van der Waals surface area contributed by atoms with Gasteiger partial charge in [0.1, 0.15) is 11.7 Å². The van der Waals surface area contributed by atoms with Crippen molar-refractivity contribution >= 4 is 11.8 Å². The summed E-state index contributed by atoms with van der Waals surface area (Å²) in [5, 5.41) is 9.34. The van der Waals surface area contributed by atoms with E-state index in [0.717, 1.165) is 5.56 Å². The standard InChI is InChI=1S/C18H16O6/c1-22-18(21)14(8-11-2-5-13(19)6-3-11)17(20)12-4-7-15-16(9-12)24-10-23-15/h2-7,9,14,19H,8,10H2,1H3. The van der Waals surface area contributed by atoms with Crippen molar-refractivity contribution in [3.05, 3.63) is 53.6 Å². The monoisotopic (exact) mass is 328 g/mol. The van der Waals surface area contributed by atoms with Crippen molar-refractivity contribution in [2.75, 3.05) is 13.9 Å². The molecule has 124 valence electrons. The molecule has 0 aliphatic carbocycles. The second-order valence-corrected chi connectivity index (χ2v) is 5.38. The van der Waals surface area contributed by atoms with Gasteiger partial charge in [0.15, 0.2) is 17.3 Å². The summed E-state index contributed by atoms with van der Waals surface area (Å²) in [5.41, 5.74) is 1.10. The maximum Gasteiger partial charge on any atom is 0.316 e. The van der Waals surface area contributed by atoms with Gasteiger partial charge in [0.2, 0.25) is 6.79 Å². The molecule has 1 aliphatic heterocycles. The molecule has 0 fully saturated rings. The number of carbonyl (C=O) groups excluding carboxylic acids is 2. The van der Waals surface area contributed by atoms with E-state index in [-0.39, 0.29) is 24.7 Å². The molecule has 6 heteroatoms. The SMILES string of the molecule is COC(=O)C(Cc1ccc(O)cc1)C(=O)c1ccc2c(c1)OCO2. The second-order valence-electron chi connectivity index (χ2n) is 5.38. The molecule has 1 N–H and O–H groups in total. The van der Waals surface area contributed by atoms with E-state index in [9.17, 15) is 14.7 Å². The minimum Gasteiger partial charge on any atom is -0.508 e. The zero-order chi connectivity index (χ0) is 17.1. The Morgan fingerprint density at radius 1 is 1.12 bits per heavy atom. The molecule has 1 aliphatic rings. The number of rotatable bonds is 5. The van der Waals surface area contributed by atoms with Gasteiger partial charge in [-0.1, -0.05) is 12.1 Å². The molecule has 1 heterocycles. The van der Waals surface area contributed by atoms with Crippen molar-refractivity contribution < 1.29 is 28.9 Å². The molecule has 0 spiro atoms. The van der Waals surface area contributed by atoms with E-state index in [1.165, 1.54) is 19.2 Å². The highest BCUT2D eigenvalue weighted by molar-refractivity contribution is 6.09. The van der Waals surface area contributed by atoms with Crippen LogP contribution in [-0.4, -0.2) is 30.8 Å². The third-order valence-electron chi connectivity index (χ3n) is 3.84. The topological polar surface area (TPSA) is 82.1 Å². The predicted molar refractivity (Wildman–Crippen MR) is 84.2 cm³/mol. The van der Waals surface area contributed by atoms with Gasteiger partial charge in [0.05, 0.1) is 7.11 Å². The van der Waals surface area contributed by atoms with Crippen molar-refractivity contribution in [3.8, 4) is 17.2 Å². The van der Waals surface area contributed by atoms with Crippen molar-refractivity contribution in [1.82, 2.24) is 0 Å². The van der Waals surface area contributed by atoms with Crippen molar-refractivity contribution in [3.63, 3.8) is 0 Å². The summed E-state index contributed by atoms with van der Waals surface area (Å²) in [6.07, 6.45) is 0.181. The van der Waals surface area contributed by atoms with Crippen molar-refractivity contribution in [2.45, 2.75) is 6.42 Å². The minimum absolute atomic E-state index is 0.112. The van der Waals surface area contributed by atoms with Gasteiger partial charge >= 0.3 is 5.97 Å². The van der Waals surface area contributed by atoms with Crippen LogP contribution in [0.15, 0.2) is 42.5 Å². The lowest BCUT2D eigenvalue weighted by Gasteiger charge is -2.14. The molecule has 0 amide bonds. The Kier molecular flexibility index (Phi) is 4.37. The van der Waals surface area contributed by atoms with Crippen LogP contribution in [0, 0.1) is 5.92 Å². The van der Waals surface area contributed by atoms with Crippen molar-refractivity contribution in [1.29, 1.82) is 0 Å². The predicted octanol–water partition coefficient (Wildman–Crippen LogP) is 2.34. The van der Waals surface area contributed by atoms with E-state index in [1.54, 1.807) is 30.3 Å². The number of phenols is 1. The third kappa shape index (κ3) is 3.17. The Balaban J connectivity index is 1.86. The van der Waals surface area contributed by atoms with Gasteiger partial charge in [-0.2, -0.15) is 0 Å². The zero-order valence-corrected chi connectivity index (χ0v) is 13.0. The summed E-state index contributed by atoms with van der Waals surface area (Å²) in [7, 11) is 1.25. The average molecular weight is 328 g/mol.